The van der Waals surface area contributed by atoms with Gasteiger partial charge in [-0.3, -0.25) is 25.8 Å². The van der Waals surface area contributed by atoms with Crippen molar-refractivity contribution < 1.29 is 14.3 Å². The molecule has 0 radical (unpaired) electrons. The van der Waals surface area contributed by atoms with Gasteiger partial charge in [-0.05, 0) is 48.1 Å². The summed E-state index contributed by atoms with van der Waals surface area (Å²) in [6, 6.07) is 25.5. The lowest BCUT2D eigenvalue weighted by molar-refractivity contribution is 0.0934. The number of hydrogen-bond acceptors (Lipinski definition) is 4. The third kappa shape index (κ3) is 6.42. The number of amides is 2. The molecule has 0 saturated heterocycles. The average molecular weight is 420 g/mol. The lowest BCUT2D eigenvalue weighted by Crippen LogP contribution is -2.48. The minimum atomic E-state index is -0.407. The molecule has 0 atom stereocenters. The highest BCUT2D eigenvalue weighted by molar-refractivity contribution is 7.80. The first kappa shape index (κ1) is 21.0. The Balaban J connectivity index is 1.47. The van der Waals surface area contributed by atoms with E-state index in [9.17, 15) is 9.59 Å². The molecule has 0 fully saturated rings. The molecule has 0 heterocycles. The summed E-state index contributed by atoms with van der Waals surface area (Å²) in [6.07, 6.45) is 0.770. The Morgan fingerprint density at radius 2 is 1.43 bits per heavy atom. The summed E-state index contributed by atoms with van der Waals surface area (Å²) in [5.41, 5.74) is 7.01. The third-order valence-electron chi connectivity index (χ3n) is 4.15. The van der Waals surface area contributed by atoms with Crippen molar-refractivity contribution in [1.29, 1.82) is 0 Å². The first-order valence-corrected chi connectivity index (χ1v) is 9.76. The molecule has 7 heteroatoms. The maximum atomic E-state index is 12.4. The second-order valence-electron chi connectivity index (χ2n) is 6.34. The molecule has 3 N–H and O–H groups in total. The first-order valence-electron chi connectivity index (χ1n) is 9.35. The van der Waals surface area contributed by atoms with E-state index in [-0.39, 0.29) is 11.0 Å². The molecule has 30 heavy (non-hydrogen) atoms. The van der Waals surface area contributed by atoms with Crippen molar-refractivity contribution in [2.45, 2.75) is 6.42 Å². The maximum Gasteiger partial charge on any atom is 0.269 e. The summed E-state index contributed by atoms with van der Waals surface area (Å²) in [6.45, 7) is 0.501. The van der Waals surface area contributed by atoms with E-state index in [1.165, 1.54) is 5.56 Å². The molecule has 0 aliphatic carbocycles. The Morgan fingerprint density at radius 1 is 0.767 bits per heavy atom. The zero-order valence-corrected chi connectivity index (χ0v) is 16.9. The molecule has 0 aromatic heterocycles. The quantitative estimate of drug-likeness (QED) is 0.422. The molecule has 3 rings (SSSR count). The van der Waals surface area contributed by atoms with Crippen molar-refractivity contribution >= 4 is 29.1 Å². The van der Waals surface area contributed by atoms with E-state index >= 15 is 0 Å². The van der Waals surface area contributed by atoms with Crippen LogP contribution < -0.4 is 20.9 Å². The topological polar surface area (TPSA) is 79.5 Å². The number of ether oxygens (including phenoxy) is 1. The number of nitrogens with one attached hydrogen (secondary N) is 3. The Labute approximate surface area is 180 Å². The van der Waals surface area contributed by atoms with Gasteiger partial charge in [-0.2, -0.15) is 0 Å². The fraction of sp³-hybridized carbons (Fsp3) is 0.0870. The minimum absolute atomic E-state index is 0.0142. The van der Waals surface area contributed by atoms with E-state index in [0.717, 1.165) is 6.42 Å². The average Bonchev–Trinajstić information content (AvgIpc) is 2.79. The van der Waals surface area contributed by atoms with Crippen molar-refractivity contribution in [3.63, 3.8) is 0 Å². The van der Waals surface area contributed by atoms with Crippen LogP contribution in [-0.4, -0.2) is 23.5 Å². The third-order valence-corrected chi connectivity index (χ3v) is 4.36. The van der Waals surface area contributed by atoms with Crippen molar-refractivity contribution in [3.8, 4) is 5.75 Å². The summed E-state index contributed by atoms with van der Waals surface area (Å²) >= 11 is 5.07. The smallest absolute Gasteiger partial charge is 0.269 e. The Hall–Kier alpha value is -3.71. The zero-order valence-electron chi connectivity index (χ0n) is 16.1. The molecular formula is C23H21N3O3S. The number of benzene rings is 3. The molecule has 0 aliphatic heterocycles. The number of carbonyl (C=O) groups is 2. The van der Waals surface area contributed by atoms with E-state index in [0.29, 0.717) is 23.5 Å². The van der Waals surface area contributed by atoms with Crippen LogP contribution in [0.25, 0.3) is 0 Å². The lowest BCUT2D eigenvalue weighted by atomic mass is 10.2. The van der Waals surface area contributed by atoms with Crippen LogP contribution in [0.4, 0.5) is 0 Å². The maximum absolute atomic E-state index is 12.4. The van der Waals surface area contributed by atoms with Gasteiger partial charge in [0.15, 0.2) is 5.11 Å². The van der Waals surface area contributed by atoms with Gasteiger partial charge in [0.05, 0.1) is 6.61 Å². The fourth-order valence-electron chi connectivity index (χ4n) is 2.64. The van der Waals surface area contributed by atoms with Crippen molar-refractivity contribution in [1.82, 2.24) is 16.2 Å². The Morgan fingerprint density at radius 3 is 2.17 bits per heavy atom. The van der Waals surface area contributed by atoms with Gasteiger partial charge in [-0.1, -0.05) is 54.6 Å². The van der Waals surface area contributed by atoms with E-state index in [2.05, 4.69) is 16.2 Å². The summed E-state index contributed by atoms with van der Waals surface area (Å²) < 4.78 is 5.75. The van der Waals surface area contributed by atoms with Gasteiger partial charge in [0.2, 0.25) is 0 Å². The molecule has 2 amide bonds. The summed E-state index contributed by atoms with van der Waals surface area (Å²) in [5.74, 6) is -0.175. The van der Waals surface area contributed by atoms with Crippen molar-refractivity contribution in [2.24, 2.45) is 0 Å². The van der Waals surface area contributed by atoms with Crippen LogP contribution in [0.5, 0.6) is 5.75 Å². The second-order valence-corrected chi connectivity index (χ2v) is 6.75. The van der Waals surface area contributed by atoms with Crippen LogP contribution >= 0.6 is 12.2 Å². The van der Waals surface area contributed by atoms with Gasteiger partial charge in [0.1, 0.15) is 5.75 Å². The molecule has 3 aromatic rings. The van der Waals surface area contributed by atoms with Crippen LogP contribution in [0.1, 0.15) is 26.3 Å². The molecule has 152 valence electrons. The van der Waals surface area contributed by atoms with E-state index in [1.807, 2.05) is 36.4 Å². The van der Waals surface area contributed by atoms with Gasteiger partial charge in [-0.25, -0.2) is 0 Å². The minimum Gasteiger partial charge on any atom is -0.493 e. The molecule has 0 aliphatic rings. The molecule has 0 bridgehead atoms. The molecule has 6 nitrogen and oxygen atoms in total. The fourth-order valence-corrected chi connectivity index (χ4v) is 2.78. The monoisotopic (exact) mass is 419 g/mol. The number of hydrogen-bond donors (Lipinski definition) is 3. The van der Waals surface area contributed by atoms with Crippen LogP contribution in [0.3, 0.4) is 0 Å². The number of hydrazine groups is 1. The van der Waals surface area contributed by atoms with Gasteiger partial charge in [0, 0.05) is 17.5 Å². The van der Waals surface area contributed by atoms with Crippen molar-refractivity contribution in [2.75, 3.05) is 6.61 Å². The van der Waals surface area contributed by atoms with E-state index in [1.54, 1.807) is 48.5 Å². The normalized spacial score (nSPS) is 10.0. The Bertz CT molecular complexity index is 1010. The molecule has 0 saturated carbocycles. The molecular weight excluding hydrogens is 398 g/mol. The predicted molar refractivity (Wildman–Crippen MR) is 119 cm³/mol. The SMILES string of the molecule is O=C(NNC(=S)NC(=O)c1cccc(OCCc2ccccc2)c1)c1ccccc1. The number of rotatable bonds is 6. The van der Waals surface area contributed by atoms with Gasteiger partial charge < -0.3 is 4.74 Å². The largest absolute Gasteiger partial charge is 0.493 e. The standard InChI is InChI=1S/C23H21N3O3S/c27-21(24-23(30)26-25-22(28)18-10-5-2-6-11-18)19-12-7-13-20(16-19)29-15-14-17-8-3-1-4-9-17/h1-13,16H,14-15H2,(H,25,28)(H2,24,26,27,30). The molecule has 0 unspecified atom stereocenters. The second kappa shape index (κ2) is 10.7. The van der Waals surface area contributed by atoms with Crippen molar-refractivity contribution in [3.05, 3.63) is 102 Å². The molecule has 3 aromatic carbocycles. The van der Waals surface area contributed by atoms with Gasteiger partial charge in [0.25, 0.3) is 11.8 Å². The number of thiocarbonyl (C=S) groups is 1. The highest BCUT2D eigenvalue weighted by Crippen LogP contribution is 2.14. The van der Waals surface area contributed by atoms with Crippen LogP contribution in [0.15, 0.2) is 84.9 Å². The van der Waals surface area contributed by atoms with Crippen LogP contribution in [-0.2, 0) is 6.42 Å². The van der Waals surface area contributed by atoms with Crippen LogP contribution in [0, 0.1) is 0 Å². The molecule has 0 spiro atoms. The van der Waals surface area contributed by atoms with Crippen LogP contribution in [0.2, 0.25) is 0 Å². The summed E-state index contributed by atoms with van der Waals surface area (Å²) in [4.78, 5) is 24.4. The highest BCUT2D eigenvalue weighted by atomic mass is 32.1. The Kier molecular flexibility index (Phi) is 7.51. The summed E-state index contributed by atoms with van der Waals surface area (Å²) in [5, 5.41) is 2.51. The highest BCUT2D eigenvalue weighted by Gasteiger charge is 2.10. The van der Waals surface area contributed by atoms with Gasteiger partial charge >= 0.3 is 0 Å². The number of carbonyl (C=O) groups excluding carboxylic acids is 2. The zero-order chi connectivity index (χ0) is 21.2. The first-order chi connectivity index (χ1) is 14.6. The van der Waals surface area contributed by atoms with Gasteiger partial charge in [-0.15, -0.1) is 0 Å². The van der Waals surface area contributed by atoms with E-state index < -0.39 is 5.91 Å². The predicted octanol–water partition coefficient (Wildman–Crippen LogP) is 3.26. The summed E-state index contributed by atoms with van der Waals surface area (Å²) in [7, 11) is 0. The lowest BCUT2D eigenvalue weighted by Gasteiger charge is -2.11. The van der Waals surface area contributed by atoms with E-state index in [4.69, 9.17) is 17.0 Å².